The molecule has 1 heterocycles. The molecule has 1 aromatic rings. The molecule has 5 nitrogen and oxygen atoms in total. The van der Waals surface area contributed by atoms with Crippen molar-refractivity contribution in [3.05, 3.63) is 23.8 Å². The van der Waals surface area contributed by atoms with Gasteiger partial charge in [-0.3, -0.25) is 4.79 Å². The summed E-state index contributed by atoms with van der Waals surface area (Å²) in [5.41, 5.74) is 0.712. The minimum atomic E-state index is -0.705. The number of rotatable bonds is 5. The molecule has 0 radical (unpaired) electrons. The van der Waals surface area contributed by atoms with Gasteiger partial charge in [-0.25, -0.2) is 0 Å². The van der Waals surface area contributed by atoms with Crippen LogP contribution in [0.15, 0.2) is 18.2 Å². The molecule has 1 N–H and O–H groups in total. The van der Waals surface area contributed by atoms with Crippen LogP contribution in [0.1, 0.15) is 31.4 Å². The zero-order valence-electron chi connectivity index (χ0n) is 10.2. The lowest BCUT2D eigenvalue weighted by Gasteiger charge is -2.11. The minimum absolute atomic E-state index is 0.198. The van der Waals surface area contributed by atoms with E-state index in [1.807, 2.05) is 0 Å². The molecule has 0 aromatic heterocycles. The van der Waals surface area contributed by atoms with E-state index in [9.17, 15) is 9.90 Å². The first-order valence-corrected chi connectivity index (χ1v) is 5.94. The first-order chi connectivity index (χ1) is 8.70. The molecule has 1 aromatic carbocycles. The van der Waals surface area contributed by atoms with Gasteiger partial charge in [0.25, 0.3) is 0 Å². The van der Waals surface area contributed by atoms with E-state index in [1.165, 1.54) is 0 Å². The Balaban J connectivity index is 1.92. The molecular formula is C13H16O5. The molecule has 0 bridgehead atoms. The van der Waals surface area contributed by atoms with Crippen LogP contribution < -0.4 is 9.47 Å². The van der Waals surface area contributed by atoms with Crippen molar-refractivity contribution < 1.29 is 24.1 Å². The summed E-state index contributed by atoms with van der Waals surface area (Å²) in [7, 11) is 0. The highest BCUT2D eigenvalue weighted by Crippen LogP contribution is 2.34. The van der Waals surface area contributed by atoms with E-state index in [0.717, 1.165) is 0 Å². The first-order valence-electron chi connectivity index (χ1n) is 5.94. The van der Waals surface area contributed by atoms with Crippen molar-refractivity contribution >= 4 is 5.97 Å². The van der Waals surface area contributed by atoms with Gasteiger partial charge in [0.15, 0.2) is 11.5 Å². The van der Waals surface area contributed by atoms with Crippen LogP contribution in [-0.4, -0.2) is 24.5 Å². The monoisotopic (exact) mass is 252 g/mol. The summed E-state index contributed by atoms with van der Waals surface area (Å²) in [6.07, 6.45) is -0.175. The average molecular weight is 252 g/mol. The third-order valence-corrected chi connectivity index (χ3v) is 2.71. The summed E-state index contributed by atoms with van der Waals surface area (Å²) in [4.78, 5) is 11.2. The van der Waals surface area contributed by atoms with Gasteiger partial charge in [0.2, 0.25) is 6.79 Å². The average Bonchev–Trinajstić information content (AvgIpc) is 2.83. The summed E-state index contributed by atoms with van der Waals surface area (Å²) >= 11 is 0. The Labute approximate surface area is 105 Å². The largest absolute Gasteiger partial charge is 0.466 e. The van der Waals surface area contributed by atoms with Gasteiger partial charge in [0.05, 0.1) is 12.7 Å². The zero-order chi connectivity index (χ0) is 13.0. The Morgan fingerprint density at radius 1 is 1.44 bits per heavy atom. The lowest BCUT2D eigenvalue weighted by molar-refractivity contribution is -0.143. The van der Waals surface area contributed by atoms with Crippen molar-refractivity contribution in [1.82, 2.24) is 0 Å². The zero-order valence-corrected chi connectivity index (χ0v) is 10.2. The fraction of sp³-hybridized carbons (Fsp3) is 0.462. The molecule has 1 unspecified atom stereocenters. The second-order valence-corrected chi connectivity index (χ2v) is 3.97. The molecule has 0 aliphatic carbocycles. The topological polar surface area (TPSA) is 65.0 Å². The van der Waals surface area contributed by atoms with Crippen LogP contribution in [0.2, 0.25) is 0 Å². The molecule has 2 rings (SSSR count). The molecule has 18 heavy (non-hydrogen) atoms. The van der Waals surface area contributed by atoms with E-state index < -0.39 is 6.10 Å². The maximum Gasteiger partial charge on any atom is 0.305 e. The predicted molar refractivity (Wildman–Crippen MR) is 63.4 cm³/mol. The molecule has 5 heteroatoms. The van der Waals surface area contributed by atoms with Crippen LogP contribution >= 0.6 is 0 Å². The summed E-state index contributed by atoms with van der Waals surface area (Å²) in [5, 5.41) is 9.96. The molecule has 0 saturated carbocycles. The number of hydrogen-bond donors (Lipinski definition) is 1. The van der Waals surface area contributed by atoms with E-state index >= 15 is 0 Å². The number of aliphatic hydroxyl groups excluding tert-OH is 1. The van der Waals surface area contributed by atoms with Crippen LogP contribution in [0.25, 0.3) is 0 Å². The van der Waals surface area contributed by atoms with Gasteiger partial charge in [-0.15, -0.1) is 0 Å². The highest BCUT2D eigenvalue weighted by molar-refractivity contribution is 5.69. The van der Waals surface area contributed by atoms with Crippen molar-refractivity contribution in [3.63, 3.8) is 0 Å². The van der Waals surface area contributed by atoms with Crippen LogP contribution in [-0.2, 0) is 9.53 Å². The van der Waals surface area contributed by atoms with E-state index in [-0.39, 0.29) is 19.2 Å². The van der Waals surface area contributed by atoms with Gasteiger partial charge in [0.1, 0.15) is 0 Å². The smallest absolute Gasteiger partial charge is 0.305 e. The quantitative estimate of drug-likeness (QED) is 0.809. The van der Waals surface area contributed by atoms with Crippen LogP contribution in [0.5, 0.6) is 11.5 Å². The SMILES string of the molecule is CCOC(=O)CCC(O)c1ccc2c(c1)OCO2. The second kappa shape index (κ2) is 5.73. The summed E-state index contributed by atoms with van der Waals surface area (Å²) in [6.45, 7) is 2.32. The number of esters is 1. The third kappa shape index (κ3) is 2.92. The molecule has 1 aliphatic heterocycles. The predicted octanol–water partition coefficient (Wildman–Crippen LogP) is 1.79. The van der Waals surface area contributed by atoms with Crippen molar-refractivity contribution in [2.24, 2.45) is 0 Å². The summed E-state index contributed by atoms with van der Waals surface area (Å²) in [6, 6.07) is 5.26. The molecule has 0 spiro atoms. The number of benzene rings is 1. The number of carbonyl (C=O) groups excluding carboxylic acids is 1. The van der Waals surface area contributed by atoms with Crippen molar-refractivity contribution in [2.45, 2.75) is 25.9 Å². The first kappa shape index (κ1) is 12.7. The van der Waals surface area contributed by atoms with Gasteiger partial charge >= 0.3 is 5.97 Å². The minimum Gasteiger partial charge on any atom is -0.466 e. The molecule has 0 amide bonds. The molecule has 1 atom stereocenters. The second-order valence-electron chi connectivity index (χ2n) is 3.97. The van der Waals surface area contributed by atoms with Crippen LogP contribution in [0, 0.1) is 0 Å². The fourth-order valence-electron chi connectivity index (χ4n) is 1.77. The molecule has 0 saturated heterocycles. The lowest BCUT2D eigenvalue weighted by Crippen LogP contribution is -2.07. The number of ether oxygens (including phenoxy) is 3. The van der Waals surface area contributed by atoms with E-state index in [0.29, 0.717) is 30.1 Å². The summed E-state index contributed by atoms with van der Waals surface area (Å²) in [5.74, 6) is 1.01. The maximum absolute atomic E-state index is 11.2. The Morgan fingerprint density at radius 3 is 3.00 bits per heavy atom. The van der Waals surface area contributed by atoms with Gasteiger partial charge < -0.3 is 19.3 Å². The highest BCUT2D eigenvalue weighted by Gasteiger charge is 2.17. The fourth-order valence-corrected chi connectivity index (χ4v) is 1.77. The third-order valence-electron chi connectivity index (χ3n) is 2.71. The Morgan fingerprint density at radius 2 is 2.22 bits per heavy atom. The van der Waals surface area contributed by atoms with E-state index in [1.54, 1.807) is 25.1 Å². The van der Waals surface area contributed by atoms with Gasteiger partial charge in [-0.2, -0.15) is 0 Å². The Kier molecular flexibility index (Phi) is 4.04. The van der Waals surface area contributed by atoms with Crippen LogP contribution in [0.4, 0.5) is 0 Å². The van der Waals surface area contributed by atoms with Gasteiger partial charge in [-0.1, -0.05) is 6.07 Å². The molecule has 1 aliphatic rings. The normalized spacial score (nSPS) is 14.3. The van der Waals surface area contributed by atoms with E-state index in [4.69, 9.17) is 14.2 Å². The number of hydrogen-bond acceptors (Lipinski definition) is 5. The molecular weight excluding hydrogens is 236 g/mol. The number of fused-ring (bicyclic) bond motifs is 1. The van der Waals surface area contributed by atoms with Crippen molar-refractivity contribution in [3.8, 4) is 11.5 Å². The van der Waals surface area contributed by atoms with Gasteiger partial charge in [0, 0.05) is 6.42 Å². The maximum atomic E-state index is 11.2. The number of aliphatic hydroxyl groups is 1. The lowest BCUT2D eigenvalue weighted by atomic mass is 10.0. The molecule has 98 valence electrons. The van der Waals surface area contributed by atoms with Gasteiger partial charge in [-0.05, 0) is 31.0 Å². The van der Waals surface area contributed by atoms with Crippen molar-refractivity contribution in [2.75, 3.05) is 13.4 Å². The number of carbonyl (C=O) groups is 1. The Bertz CT molecular complexity index is 429. The standard InChI is InChI=1S/C13H16O5/c1-2-16-13(15)6-4-10(14)9-3-5-11-12(7-9)18-8-17-11/h3,5,7,10,14H,2,4,6,8H2,1H3. The van der Waals surface area contributed by atoms with Crippen LogP contribution in [0.3, 0.4) is 0 Å². The molecule has 0 fully saturated rings. The Hall–Kier alpha value is -1.75. The van der Waals surface area contributed by atoms with Crippen molar-refractivity contribution in [1.29, 1.82) is 0 Å². The highest BCUT2D eigenvalue weighted by atomic mass is 16.7. The van der Waals surface area contributed by atoms with E-state index in [2.05, 4.69) is 0 Å². The summed E-state index contributed by atoms with van der Waals surface area (Å²) < 4.78 is 15.2.